The van der Waals surface area contributed by atoms with Gasteiger partial charge in [0.2, 0.25) is 0 Å². The van der Waals surface area contributed by atoms with Gasteiger partial charge in [0.15, 0.2) is 0 Å². The molecule has 1 N–H and O–H groups in total. The van der Waals surface area contributed by atoms with Crippen molar-refractivity contribution in [3.8, 4) is 0 Å². The van der Waals surface area contributed by atoms with Crippen molar-refractivity contribution < 1.29 is 4.39 Å². The van der Waals surface area contributed by atoms with Crippen LogP contribution in [0.4, 0.5) is 4.39 Å². The molecule has 0 radical (unpaired) electrons. The first-order chi connectivity index (χ1) is 8.20. The number of hydrogen-bond acceptors (Lipinski definition) is 1. The highest BCUT2D eigenvalue weighted by molar-refractivity contribution is 9.10. The van der Waals surface area contributed by atoms with Crippen molar-refractivity contribution in [2.75, 3.05) is 6.54 Å². The summed E-state index contributed by atoms with van der Waals surface area (Å²) < 4.78 is 14.6. The Kier molecular flexibility index (Phi) is 4.57. The Morgan fingerprint density at radius 2 is 2.24 bits per heavy atom. The normalized spacial score (nSPS) is 17.1. The minimum Gasteiger partial charge on any atom is -0.313 e. The van der Waals surface area contributed by atoms with Crippen molar-refractivity contribution in [2.24, 2.45) is 5.92 Å². The lowest BCUT2D eigenvalue weighted by Crippen LogP contribution is -2.34. The van der Waals surface area contributed by atoms with Crippen LogP contribution >= 0.6 is 15.9 Å². The summed E-state index contributed by atoms with van der Waals surface area (Å²) in [5.41, 5.74) is 0.819. The molecular weight excluding hydrogens is 281 g/mol. The quantitative estimate of drug-likeness (QED) is 0.840. The summed E-state index contributed by atoms with van der Waals surface area (Å²) in [5.74, 6) is 0.664. The van der Waals surface area contributed by atoms with Crippen LogP contribution in [0.2, 0.25) is 0 Å². The molecule has 1 aromatic carbocycles. The molecule has 0 aliphatic heterocycles. The van der Waals surface area contributed by atoms with Crippen molar-refractivity contribution in [1.29, 1.82) is 0 Å². The molecule has 1 unspecified atom stereocenters. The summed E-state index contributed by atoms with van der Waals surface area (Å²) in [7, 11) is 0. The first-order valence-corrected chi connectivity index (χ1v) is 7.17. The van der Waals surface area contributed by atoms with Crippen LogP contribution in [-0.4, -0.2) is 12.6 Å². The molecule has 1 atom stereocenters. The minimum atomic E-state index is -0.0860. The first-order valence-electron chi connectivity index (χ1n) is 6.38. The Bertz CT molecular complexity index is 376. The number of hydrogen-bond donors (Lipinski definition) is 1. The molecular formula is C14H19BrFN. The topological polar surface area (TPSA) is 12.0 Å². The zero-order chi connectivity index (χ0) is 12.3. The number of nitrogens with one attached hydrogen (secondary N) is 1. The molecule has 1 fully saturated rings. The van der Waals surface area contributed by atoms with E-state index in [1.807, 2.05) is 6.07 Å². The second-order valence-electron chi connectivity index (χ2n) is 4.84. The summed E-state index contributed by atoms with van der Waals surface area (Å²) in [5, 5.41) is 3.54. The molecule has 0 bridgehead atoms. The largest absolute Gasteiger partial charge is 0.313 e. The summed E-state index contributed by atoms with van der Waals surface area (Å²) in [6, 6.07) is 5.64. The highest BCUT2D eigenvalue weighted by Gasteiger charge is 2.31. The van der Waals surface area contributed by atoms with E-state index in [2.05, 4.69) is 28.2 Å². The monoisotopic (exact) mass is 299 g/mol. The number of benzene rings is 1. The average molecular weight is 300 g/mol. The van der Waals surface area contributed by atoms with Crippen LogP contribution in [0.3, 0.4) is 0 Å². The second kappa shape index (κ2) is 5.96. The summed E-state index contributed by atoms with van der Waals surface area (Å²) in [6.07, 6.45) is 4.51. The molecule has 1 aromatic rings. The van der Waals surface area contributed by atoms with Gasteiger partial charge in [-0.3, -0.25) is 0 Å². The van der Waals surface area contributed by atoms with Crippen LogP contribution in [0.1, 0.15) is 31.7 Å². The highest BCUT2D eigenvalue weighted by Crippen LogP contribution is 2.34. The smallest absolute Gasteiger partial charge is 0.126 e. The van der Waals surface area contributed by atoms with Gasteiger partial charge in [0.25, 0.3) is 0 Å². The van der Waals surface area contributed by atoms with Gasteiger partial charge in [-0.2, -0.15) is 0 Å². The molecule has 1 aliphatic rings. The standard InChI is InChI=1S/C14H19BrFN/c1-2-7-17-14(10-3-4-10)9-11-8-12(15)5-6-13(11)16/h5-6,8,10,14,17H,2-4,7,9H2,1H3. The molecule has 0 saturated heterocycles. The average Bonchev–Trinajstić information content (AvgIpc) is 3.13. The number of rotatable bonds is 6. The fraction of sp³-hybridized carbons (Fsp3) is 0.571. The molecule has 3 heteroatoms. The molecule has 1 nitrogen and oxygen atoms in total. The molecule has 1 saturated carbocycles. The third-order valence-electron chi connectivity index (χ3n) is 3.30. The van der Waals surface area contributed by atoms with Gasteiger partial charge in [0.05, 0.1) is 0 Å². The molecule has 0 amide bonds. The van der Waals surface area contributed by atoms with E-state index in [-0.39, 0.29) is 5.82 Å². The van der Waals surface area contributed by atoms with E-state index in [0.717, 1.165) is 35.3 Å². The van der Waals surface area contributed by atoms with Gasteiger partial charge in [0.1, 0.15) is 5.82 Å². The fourth-order valence-electron chi connectivity index (χ4n) is 2.17. The third-order valence-corrected chi connectivity index (χ3v) is 3.79. The zero-order valence-corrected chi connectivity index (χ0v) is 11.8. The van der Waals surface area contributed by atoms with Crippen molar-refractivity contribution in [2.45, 2.75) is 38.6 Å². The molecule has 17 heavy (non-hydrogen) atoms. The number of halogens is 2. The Labute approximate surface area is 111 Å². The Morgan fingerprint density at radius 3 is 2.88 bits per heavy atom. The van der Waals surface area contributed by atoms with Crippen LogP contribution in [0, 0.1) is 11.7 Å². The molecule has 0 heterocycles. The van der Waals surface area contributed by atoms with Crippen LogP contribution in [-0.2, 0) is 6.42 Å². The molecule has 1 aliphatic carbocycles. The van der Waals surface area contributed by atoms with Crippen molar-refractivity contribution in [3.05, 3.63) is 34.1 Å². The maximum atomic E-state index is 13.7. The Hall–Kier alpha value is -0.410. The summed E-state index contributed by atoms with van der Waals surface area (Å²) >= 11 is 3.40. The fourth-order valence-corrected chi connectivity index (χ4v) is 2.58. The van der Waals surface area contributed by atoms with Crippen LogP contribution in [0.5, 0.6) is 0 Å². The summed E-state index contributed by atoms with van der Waals surface area (Å²) in [4.78, 5) is 0. The molecule has 0 spiro atoms. The maximum Gasteiger partial charge on any atom is 0.126 e. The van der Waals surface area contributed by atoms with Crippen molar-refractivity contribution in [1.82, 2.24) is 5.32 Å². The van der Waals surface area contributed by atoms with Gasteiger partial charge >= 0.3 is 0 Å². The predicted octanol–water partition coefficient (Wildman–Crippen LogP) is 3.91. The van der Waals surface area contributed by atoms with E-state index < -0.39 is 0 Å². The SMILES string of the molecule is CCCNC(Cc1cc(Br)ccc1F)C1CC1. The Morgan fingerprint density at radius 1 is 1.47 bits per heavy atom. The van der Waals surface area contributed by atoms with Gasteiger partial charge < -0.3 is 5.32 Å². The van der Waals surface area contributed by atoms with E-state index in [9.17, 15) is 4.39 Å². The predicted molar refractivity (Wildman–Crippen MR) is 72.6 cm³/mol. The van der Waals surface area contributed by atoms with Gasteiger partial charge in [-0.05, 0) is 61.9 Å². The summed E-state index contributed by atoms with van der Waals surface area (Å²) in [6.45, 7) is 3.19. The van der Waals surface area contributed by atoms with E-state index in [1.54, 1.807) is 12.1 Å². The lowest BCUT2D eigenvalue weighted by molar-refractivity contribution is 0.451. The van der Waals surface area contributed by atoms with Gasteiger partial charge in [-0.25, -0.2) is 4.39 Å². The zero-order valence-electron chi connectivity index (χ0n) is 10.2. The lowest BCUT2D eigenvalue weighted by atomic mass is 10.0. The molecule has 2 rings (SSSR count). The van der Waals surface area contributed by atoms with Gasteiger partial charge in [-0.15, -0.1) is 0 Å². The van der Waals surface area contributed by atoms with Crippen LogP contribution < -0.4 is 5.32 Å². The highest BCUT2D eigenvalue weighted by atomic mass is 79.9. The van der Waals surface area contributed by atoms with E-state index in [4.69, 9.17) is 0 Å². The van der Waals surface area contributed by atoms with Crippen molar-refractivity contribution >= 4 is 15.9 Å². The van der Waals surface area contributed by atoms with E-state index in [0.29, 0.717) is 6.04 Å². The Balaban J connectivity index is 2.03. The lowest BCUT2D eigenvalue weighted by Gasteiger charge is -2.18. The second-order valence-corrected chi connectivity index (χ2v) is 5.75. The van der Waals surface area contributed by atoms with Crippen LogP contribution in [0.25, 0.3) is 0 Å². The van der Waals surface area contributed by atoms with Crippen LogP contribution in [0.15, 0.2) is 22.7 Å². The van der Waals surface area contributed by atoms with Gasteiger partial charge in [-0.1, -0.05) is 22.9 Å². The molecule has 94 valence electrons. The third kappa shape index (κ3) is 3.78. The van der Waals surface area contributed by atoms with Gasteiger partial charge in [0, 0.05) is 10.5 Å². The minimum absolute atomic E-state index is 0.0860. The van der Waals surface area contributed by atoms with E-state index in [1.165, 1.54) is 12.8 Å². The maximum absolute atomic E-state index is 13.7. The van der Waals surface area contributed by atoms with E-state index >= 15 is 0 Å². The molecule has 0 aromatic heterocycles. The first kappa shape index (κ1) is 13.0. The van der Waals surface area contributed by atoms with Crippen molar-refractivity contribution in [3.63, 3.8) is 0 Å².